The molecule has 194 valence electrons. The predicted molar refractivity (Wildman–Crippen MR) is 147 cm³/mol. The molecule has 0 aromatic heterocycles. The maximum absolute atomic E-state index is 11.0. The Balaban J connectivity index is 2.96. The third-order valence-corrected chi connectivity index (χ3v) is 5.81. The molecule has 1 rings (SSSR count). The molecule has 0 saturated carbocycles. The van der Waals surface area contributed by atoms with Crippen LogP contribution in [0.15, 0.2) is 75.7 Å². The first-order valence-corrected chi connectivity index (χ1v) is 12.9. The minimum absolute atomic E-state index is 0.112. The molecule has 0 saturated heterocycles. The molecule has 0 fully saturated rings. The Morgan fingerprint density at radius 1 is 1.31 bits per heavy atom. The number of hydrogen-bond acceptors (Lipinski definition) is 5. The number of amidine groups is 1. The smallest absolute Gasteiger partial charge is 0.307 e. The molecule has 0 aliphatic carbocycles. The number of hydrogen-bond donors (Lipinski definition) is 2. The summed E-state index contributed by atoms with van der Waals surface area (Å²) in [7, 11) is 0. The molecule has 0 amide bonds. The Bertz CT molecular complexity index is 882. The molecule has 0 aromatic rings. The summed E-state index contributed by atoms with van der Waals surface area (Å²) in [4.78, 5) is 17.8. The van der Waals surface area contributed by atoms with Crippen molar-refractivity contribution in [1.29, 1.82) is 0 Å². The van der Waals surface area contributed by atoms with Gasteiger partial charge in [0.05, 0.1) is 13.0 Å². The van der Waals surface area contributed by atoms with Crippen LogP contribution >= 0.6 is 11.6 Å². The fourth-order valence-electron chi connectivity index (χ4n) is 3.43. The first-order chi connectivity index (χ1) is 16.9. The second kappa shape index (κ2) is 17.7. The maximum atomic E-state index is 11.0. The fraction of sp³-hybridized carbons (Fsp3) is 0.500. The van der Waals surface area contributed by atoms with Crippen LogP contribution in [0.4, 0.5) is 0 Å². The second-order valence-electron chi connectivity index (χ2n) is 8.15. The lowest BCUT2D eigenvalue weighted by atomic mass is 9.98. The van der Waals surface area contributed by atoms with E-state index in [0.717, 1.165) is 25.1 Å². The van der Waals surface area contributed by atoms with E-state index >= 15 is 0 Å². The van der Waals surface area contributed by atoms with Gasteiger partial charge in [0.1, 0.15) is 5.76 Å². The van der Waals surface area contributed by atoms with Crippen molar-refractivity contribution in [2.24, 2.45) is 10.9 Å². The van der Waals surface area contributed by atoms with Crippen LogP contribution in [-0.4, -0.2) is 48.2 Å². The molecule has 0 radical (unpaired) electrons. The highest BCUT2D eigenvalue weighted by Crippen LogP contribution is 2.25. The van der Waals surface area contributed by atoms with Crippen molar-refractivity contribution in [1.82, 2.24) is 10.2 Å². The van der Waals surface area contributed by atoms with Gasteiger partial charge in [-0.05, 0) is 56.6 Å². The standard InChI is InChI=1S/C28H42ClN3O3/c1-6-10-12-24(15-16-27(33)34)35-28-30-19-17-25(26(29)18-20-31-28)22(5)13-14-23(8-3)32(9-4)21-11-7-2/h8,10,12-15,17-18,22H,6-7,9,11,16,19-21H2,1-5H3,(H,30,31)(H,33,34)/b12-10-,14-13-,23-8+,24-15+,25-17-,26-18+. The number of ether oxygens (including phenoxy) is 1. The van der Waals surface area contributed by atoms with Gasteiger partial charge in [0.15, 0.2) is 0 Å². The number of nitrogens with one attached hydrogen (secondary N) is 1. The maximum Gasteiger partial charge on any atom is 0.307 e. The molecule has 6 nitrogen and oxygen atoms in total. The summed E-state index contributed by atoms with van der Waals surface area (Å²) >= 11 is 6.65. The molecule has 0 spiro atoms. The van der Waals surface area contributed by atoms with Crippen molar-refractivity contribution in [2.75, 3.05) is 26.2 Å². The van der Waals surface area contributed by atoms with Gasteiger partial charge >= 0.3 is 5.97 Å². The van der Waals surface area contributed by atoms with Crippen molar-refractivity contribution in [2.45, 2.75) is 60.3 Å². The normalized spacial score (nSPS) is 19.5. The van der Waals surface area contributed by atoms with Crippen LogP contribution in [0.1, 0.15) is 60.3 Å². The summed E-state index contributed by atoms with van der Waals surface area (Å²) in [5, 5.41) is 12.8. The summed E-state index contributed by atoms with van der Waals surface area (Å²) in [5.41, 5.74) is 2.24. The van der Waals surface area contributed by atoms with Crippen molar-refractivity contribution in [3.05, 3.63) is 70.7 Å². The molecule has 1 heterocycles. The number of rotatable bonds is 13. The number of halogens is 1. The number of carbonyl (C=O) groups is 1. The van der Waals surface area contributed by atoms with E-state index in [-0.39, 0.29) is 12.3 Å². The van der Waals surface area contributed by atoms with Crippen molar-refractivity contribution in [3.63, 3.8) is 0 Å². The third kappa shape index (κ3) is 12.0. The molecule has 1 aliphatic heterocycles. The van der Waals surface area contributed by atoms with E-state index in [4.69, 9.17) is 21.4 Å². The molecule has 0 bridgehead atoms. The minimum Gasteiger partial charge on any atom is -0.481 e. The van der Waals surface area contributed by atoms with E-state index in [1.807, 2.05) is 25.2 Å². The fourth-order valence-corrected chi connectivity index (χ4v) is 3.75. The van der Waals surface area contributed by atoms with E-state index in [1.54, 1.807) is 6.08 Å². The molecule has 1 unspecified atom stereocenters. The van der Waals surface area contributed by atoms with Crippen LogP contribution in [0.2, 0.25) is 0 Å². The lowest BCUT2D eigenvalue weighted by Crippen LogP contribution is -2.26. The highest BCUT2D eigenvalue weighted by atomic mass is 35.5. The van der Waals surface area contributed by atoms with Crippen LogP contribution < -0.4 is 5.32 Å². The Morgan fingerprint density at radius 3 is 2.71 bits per heavy atom. The zero-order valence-corrected chi connectivity index (χ0v) is 22.6. The monoisotopic (exact) mass is 503 g/mol. The van der Waals surface area contributed by atoms with E-state index in [9.17, 15) is 4.79 Å². The van der Waals surface area contributed by atoms with E-state index < -0.39 is 5.97 Å². The van der Waals surface area contributed by atoms with Gasteiger partial charge in [0, 0.05) is 36.3 Å². The number of allylic oxidation sites excluding steroid dienone is 7. The Labute approximate surface area is 216 Å². The SMILES string of the molecule is C/C=C(\C=C/C(C)C1=C/CNC(OC(/C=C\CC)=C/CC(=O)O)=NC/C=C\1Cl)N(CC)CCCC. The number of unbranched alkanes of at least 4 members (excludes halogenated alkanes) is 1. The number of aliphatic carboxylic acids is 1. The first-order valence-electron chi connectivity index (χ1n) is 12.6. The average Bonchev–Trinajstić information content (AvgIpc) is 2.92. The van der Waals surface area contributed by atoms with Crippen LogP contribution in [0.3, 0.4) is 0 Å². The van der Waals surface area contributed by atoms with E-state index in [0.29, 0.717) is 29.9 Å². The quantitative estimate of drug-likeness (QED) is 0.220. The molecular formula is C28H42ClN3O3. The molecule has 1 atom stereocenters. The molecule has 7 heteroatoms. The van der Waals surface area contributed by atoms with Gasteiger partial charge in [0.25, 0.3) is 6.02 Å². The predicted octanol–water partition coefficient (Wildman–Crippen LogP) is 6.55. The number of nitrogens with zero attached hydrogens (tertiary/aromatic N) is 2. The van der Waals surface area contributed by atoms with Crippen molar-refractivity contribution in [3.8, 4) is 0 Å². The molecule has 1 aliphatic rings. The van der Waals surface area contributed by atoms with Crippen LogP contribution in [0.5, 0.6) is 0 Å². The molecular weight excluding hydrogens is 462 g/mol. The lowest BCUT2D eigenvalue weighted by molar-refractivity contribution is -0.136. The van der Waals surface area contributed by atoms with Crippen LogP contribution in [-0.2, 0) is 9.53 Å². The van der Waals surface area contributed by atoms with Crippen molar-refractivity contribution >= 4 is 23.6 Å². The highest BCUT2D eigenvalue weighted by Gasteiger charge is 2.13. The van der Waals surface area contributed by atoms with Crippen LogP contribution in [0.25, 0.3) is 0 Å². The van der Waals surface area contributed by atoms with E-state index in [1.165, 1.54) is 24.6 Å². The topological polar surface area (TPSA) is 74.2 Å². The Hall–Kier alpha value is -2.73. The molecule has 2 N–H and O–H groups in total. The summed E-state index contributed by atoms with van der Waals surface area (Å²) in [6.45, 7) is 13.4. The second-order valence-corrected chi connectivity index (χ2v) is 8.56. The molecule has 0 aromatic carbocycles. The average molecular weight is 504 g/mol. The summed E-state index contributed by atoms with van der Waals surface area (Å²) in [5.74, 6) is -0.364. The van der Waals surface area contributed by atoms with Gasteiger partial charge in [-0.2, -0.15) is 0 Å². The number of carboxylic acid groups (broad SMARTS) is 1. The van der Waals surface area contributed by atoms with Crippen molar-refractivity contribution < 1.29 is 14.6 Å². The van der Waals surface area contributed by atoms with Crippen LogP contribution in [0, 0.1) is 5.92 Å². The molecule has 35 heavy (non-hydrogen) atoms. The summed E-state index contributed by atoms with van der Waals surface area (Å²) in [6, 6.07) is 0.328. The van der Waals surface area contributed by atoms with E-state index in [2.05, 4.69) is 61.1 Å². The number of likely N-dealkylation sites (N-methyl/N-ethyl adjacent to an activating group) is 1. The Morgan fingerprint density at radius 2 is 2.09 bits per heavy atom. The minimum atomic E-state index is -0.918. The van der Waals surface area contributed by atoms with Gasteiger partial charge in [0.2, 0.25) is 0 Å². The number of aliphatic imine (C=N–C) groups is 1. The zero-order chi connectivity index (χ0) is 26.1. The highest BCUT2D eigenvalue weighted by molar-refractivity contribution is 6.32. The lowest BCUT2D eigenvalue weighted by Gasteiger charge is -2.24. The largest absolute Gasteiger partial charge is 0.481 e. The van der Waals surface area contributed by atoms with Gasteiger partial charge in [-0.3, -0.25) is 4.79 Å². The Kier molecular flexibility index (Phi) is 15.3. The van der Waals surface area contributed by atoms with Gasteiger partial charge < -0.3 is 20.1 Å². The first kappa shape index (κ1) is 30.3. The summed E-state index contributed by atoms with van der Waals surface area (Å²) in [6.07, 6.45) is 18.7. The summed E-state index contributed by atoms with van der Waals surface area (Å²) < 4.78 is 5.85. The van der Waals surface area contributed by atoms with Gasteiger partial charge in [-0.1, -0.05) is 63.1 Å². The van der Waals surface area contributed by atoms with Gasteiger partial charge in [-0.15, -0.1) is 0 Å². The zero-order valence-electron chi connectivity index (χ0n) is 21.9. The number of carboxylic acids is 1. The third-order valence-electron chi connectivity index (χ3n) is 5.44. The van der Waals surface area contributed by atoms with Gasteiger partial charge in [-0.25, -0.2) is 4.99 Å².